The van der Waals surface area contributed by atoms with E-state index in [1.165, 1.54) is 0 Å². The van der Waals surface area contributed by atoms with E-state index in [0.29, 0.717) is 6.54 Å². The second-order valence-electron chi connectivity index (χ2n) is 9.62. The molecule has 0 saturated carbocycles. The van der Waals surface area contributed by atoms with Crippen LogP contribution < -0.4 is 11.1 Å². The number of esters is 1. The molecule has 37 heavy (non-hydrogen) atoms. The summed E-state index contributed by atoms with van der Waals surface area (Å²) in [5.41, 5.74) is 12.0. The Morgan fingerprint density at radius 3 is 3.00 bits per heavy atom. The summed E-state index contributed by atoms with van der Waals surface area (Å²) in [5.74, 6) is -0.210. The predicted molar refractivity (Wildman–Crippen MR) is 145 cm³/mol. The van der Waals surface area contributed by atoms with Crippen molar-refractivity contribution in [2.45, 2.75) is 26.4 Å². The maximum atomic E-state index is 12.3. The Morgan fingerprint density at radius 2 is 2.16 bits per heavy atom. The number of anilines is 1. The van der Waals surface area contributed by atoms with Gasteiger partial charge in [-0.1, -0.05) is 12.1 Å². The largest absolute Gasteiger partial charge is 0.461 e. The number of pyridine rings is 2. The molecule has 1 unspecified atom stereocenters. The van der Waals surface area contributed by atoms with Gasteiger partial charge in [0, 0.05) is 42.8 Å². The first kappa shape index (κ1) is 24.9. The summed E-state index contributed by atoms with van der Waals surface area (Å²) in [6.07, 6.45) is 4.15. The lowest BCUT2D eigenvalue weighted by Crippen LogP contribution is -2.31. The average molecular weight is 500 g/mol. The molecule has 0 bridgehead atoms. The smallest absolute Gasteiger partial charge is 0.310 e. The molecule has 192 valence electrons. The van der Waals surface area contributed by atoms with E-state index < -0.39 is 0 Å². The molecule has 0 aliphatic carbocycles. The lowest BCUT2D eigenvalue weighted by atomic mass is 10.0. The third-order valence-electron chi connectivity index (χ3n) is 6.75. The fraction of sp³-hybridized carbons (Fsp3) is 0.357. The molecule has 4 heterocycles. The Bertz CT molecular complexity index is 1390. The van der Waals surface area contributed by atoms with Crippen molar-refractivity contribution in [2.24, 2.45) is 11.7 Å². The van der Waals surface area contributed by atoms with Crippen LogP contribution in [-0.2, 0) is 9.53 Å². The van der Waals surface area contributed by atoms with Crippen LogP contribution in [0.1, 0.15) is 19.0 Å². The Kier molecular flexibility index (Phi) is 7.43. The van der Waals surface area contributed by atoms with Crippen molar-refractivity contribution in [2.75, 3.05) is 38.0 Å². The normalized spacial score (nSPS) is 16.7. The fourth-order valence-electron chi connectivity index (χ4n) is 4.70. The molecule has 1 fully saturated rings. The van der Waals surface area contributed by atoms with E-state index in [0.717, 1.165) is 77.5 Å². The highest BCUT2D eigenvalue weighted by Gasteiger charge is 2.29. The van der Waals surface area contributed by atoms with Crippen LogP contribution in [0.25, 0.3) is 33.5 Å². The standard InChI is InChI=1S/C28H33N7O2/c1-18-4-3-5-25(34-18)27-26(32-17-33-27)20-6-7-24-22(12-20)13-23(15-31-24)30-9-11-35-10-8-21(16-35)28(36)37-19(2)14-29/h3-7,12-13,15,17,19,21,30H,8-11,14,16,29H2,1-2H3,(H,32,33)/t19?,21-/m0/s1. The first-order valence-electron chi connectivity index (χ1n) is 12.7. The second-order valence-corrected chi connectivity index (χ2v) is 9.62. The number of rotatable bonds is 9. The van der Waals surface area contributed by atoms with Gasteiger partial charge in [-0.05, 0) is 57.1 Å². The quantitative estimate of drug-likeness (QED) is 0.299. The Morgan fingerprint density at radius 1 is 1.27 bits per heavy atom. The number of carbonyl (C=O) groups excluding carboxylic acids is 1. The minimum Gasteiger partial charge on any atom is -0.461 e. The molecule has 0 amide bonds. The van der Waals surface area contributed by atoms with E-state index in [9.17, 15) is 4.79 Å². The molecule has 1 aliphatic rings. The number of hydrogen-bond donors (Lipinski definition) is 3. The molecule has 5 rings (SSSR count). The second kappa shape index (κ2) is 11.1. The molecule has 3 aromatic heterocycles. The molecule has 2 atom stereocenters. The van der Waals surface area contributed by atoms with Crippen molar-refractivity contribution in [3.63, 3.8) is 0 Å². The van der Waals surface area contributed by atoms with Gasteiger partial charge in [0.25, 0.3) is 0 Å². The van der Waals surface area contributed by atoms with Gasteiger partial charge < -0.3 is 25.7 Å². The number of aromatic nitrogens is 4. The van der Waals surface area contributed by atoms with Gasteiger partial charge in [-0.15, -0.1) is 0 Å². The number of nitrogens with zero attached hydrogens (tertiary/aromatic N) is 4. The number of aryl methyl sites for hydroxylation is 1. The van der Waals surface area contributed by atoms with E-state index in [1.807, 2.05) is 50.4 Å². The van der Waals surface area contributed by atoms with Crippen molar-refractivity contribution < 1.29 is 9.53 Å². The minimum absolute atomic E-state index is 0.0725. The van der Waals surface area contributed by atoms with Gasteiger partial charge >= 0.3 is 5.97 Å². The van der Waals surface area contributed by atoms with Crippen LogP contribution in [0.4, 0.5) is 5.69 Å². The van der Waals surface area contributed by atoms with Crippen molar-refractivity contribution in [3.05, 3.63) is 60.7 Å². The molecule has 9 nitrogen and oxygen atoms in total. The van der Waals surface area contributed by atoms with Crippen molar-refractivity contribution >= 4 is 22.6 Å². The number of H-pyrrole nitrogens is 1. The third-order valence-corrected chi connectivity index (χ3v) is 6.75. The third kappa shape index (κ3) is 5.79. The number of imidazole rings is 1. The van der Waals surface area contributed by atoms with Gasteiger partial charge in [0.1, 0.15) is 6.10 Å². The van der Waals surface area contributed by atoms with Crippen LogP contribution in [0.3, 0.4) is 0 Å². The van der Waals surface area contributed by atoms with Gasteiger partial charge in [-0.2, -0.15) is 0 Å². The number of carbonyl (C=O) groups is 1. The molecule has 9 heteroatoms. The van der Waals surface area contributed by atoms with Gasteiger partial charge in [-0.3, -0.25) is 14.8 Å². The summed E-state index contributed by atoms with van der Waals surface area (Å²) in [6.45, 7) is 7.36. The van der Waals surface area contributed by atoms with Gasteiger partial charge in [-0.25, -0.2) is 4.98 Å². The fourth-order valence-corrected chi connectivity index (χ4v) is 4.70. The van der Waals surface area contributed by atoms with E-state index in [1.54, 1.807) is 6.33 Å². The van der Waals surface area contributed by atoms with Crippen LogP contribution in [-0.4, -0.2) is 69.6 Å². The van der Waals surface area contributed by atoms with Crippen LogP contribution in [0.15, 0.2) is 55.0 Å². The molecule has 0 radical (unpaired) electrons. The summed E-state index contributed by atoms with van der Waals surface area (Å²) < 4.78 is 5.40. The Hall–Kier alpha value is -3.82. The highest BCUT2D eigenvalue weighted by molar-refractivity contribution is 5.88. The Labute approximate surface area is 216 Å². The average Bonchev–Trinajstić information content (AvgIpc) is 3.58. The lowest BCUT2D eigenvalue weighted by molar-refractivity contribution is -0.152. The number of hydrogen-bond acceptors (Lipinski definition) is 8. The summed E-state index contributed by atoms with van der Waals surface area (Å²) >= 11 is 0. The molecule has 0 spiro atoms. The number of ether oxygens (including phenoxy) is 1. The van der Waals surface area contributed by atoms with Gasteiger partial charge in [0.05, 0.1) is 46.7 Å². The zero-order valence-corrected chi connectivity index (χ0v) is 21.3. The number of fused-ring (bicyclic) bond motifs is 1. The maximum absolute atomic E-state index is 12.3. The summed E-state index contributed by atoms with van der Waals surface area (Å²) in [5, 5.41) is 4.51. The molecule has 1 saturated heterocycles. The van der Waals surface area contributed by atoms with Gasteiger partial charge in [0.2, 0.25) is 0 Å². The summed E-state index contributed by atoms with van der Waals surface area (Å²) in [7, 11) is 0. The SMILES string of the molecule is Cc1cccc(-c2[nH]cnc2-c2ccc3ncc(NCCN4CC[C@H](C(=O)OC(C)CN)C4)cc3c2)n1. The zero-order chi connectivity index (χ0) is 25.8. The van der Waals surface area contributed by atoms with Crippen molar-refractivity contribution in [1.82, 2.24) is 24.8 Å². The van der Waals surface area contributed by atoms with E-state index >= 15 is 0 Å². The molecule has 4 aromatic rings. The highest BCUT2D eigenvalue weighted by atomic mass is 16.5. The molecule has 4 N–H and O–H groups in total. The van der Waals surface area contributed by atoms with Crippen LogP contribution in [0, 0.1) is 12.8 Å². The first-order valence-corrected chi connectivity index (χ1v) is 12.7. The van der Waals surface area contributed by atoms with E-state index in [-0.39, 0.29) is 18.0 Å². The molecular formula is C28H33N7O2. The number of nitrogens with one attached hydrogen (secondary N) is 2. The number of nitrogens with two attached hydrogens (primary N) is 1. The zero-order valence-electron chi connectivity index (χ0n) is 21.3. The molecule has 1 aliphatic heterocycles. The topological polar surface area (TPSA) is 122 Å². The van der Waals surface area contributed by atoms with E-state index in [4.69, 9.17) is 10.5 Å². The van der Waals surface area contributed by atoms with E-state index in [2.05, 4.69) is 42.3 Å². The number of likely N-dealkylation sites (tertiary alicyclic amines) is 1. The predicted octanol–water partition coefficient (Wildman–Crippen LogP) is 3.62. The van der Waals surface area contributed by atoms with Crippen molar-refractivity contribution in [1.29, 1.82) is 0 Å². The van der Waals surface area contributed by atoms with Crippen LogP contribution in [0.2, 0.25) is 0 Å². The Balaban J connectivity index is 1.23. The number of benzene rings is 1. The van der Waals surface area contributed by atoms with Crippen LogP contribution in [0.5, 0.6) is 0 Å². The van der Waals surface area contributed by atoms with Crippen molar-refractivity contribution in [3.8, 4) is 22.6 Å². The summed E-state index contributed by atoms with van der Waals surface area (Å²) in [4.78, 5) is 31.7. The van der Waals surface area contributed by atoms with Gasteiger partial charge in [0.15, 0.2) is 0 Å². The summed E-state index contributed by atoms with van der Waals surface area (Å²) in [6, 6.07) is 14.3. The maximum Gasteiger partial charge on any atom is 0.310 e. The first-order chi connectivity index (χ1) is 18.0. The molecular weight excluding hydrogens is 466 g/mol. The van der Waals surface area contributed by atoms with Crippen LogP contribution >= 0.6 is 0 Å². The monoisotopic (exact) mass is 499 g/mol. The number of aromatic amines is 1. The highest BCUT2D eigenvalue weighted by Crippen LogP contribution is 2.30. The lowest BCUT2D eigenvalue weighted by Gasteiger charge is -2.17. The minimum atomic E-state index is -0.233. The molecule has 1 aromatic carbocycles.